The summed E-state index contributed by atoms with van der Waals surface area (Å²) in [4.78, 5) is 19.4. The quantitative estimate of drug-likeness (QED) is 0.870. The van der Waals surface area contributed by atoms with Crippen LogP contribution >= 0.6 is 11.8 Å². The summed E-state index contributed by atoms with van der Waals surface area (Å²) in [6.07, 6.45) is 1.96. The molecule has 0 saturated carbocycles. The van der Waals surface area contributed by atoms with Crippen molar-refractivity contribution in [1.29, 1.82) is 0 Å². The van der Waals surface area contributed by atoms with Crippen LogP contribution in [0.1, 0.15) is 19.5 Å². The summed E-state index contributed by atoms with van der Waals surface area (Å²) in [6.45, 7) is 3.70. The van der Waals surface area contributed by atoms with E-state index >= 15 is 0 Å². The monoisotopic (exact) mass is 266 g/mol. The number of rotatable bonds is 3. The molecule has 0 saturated heterocycles. The Hall–Kier alpha value is -1.56. The zero-order valence-electron chi connectivity index (χ0n) is 10.1. The predicted molar refractivity (Wildman–Crippen MR) is 70.1 cm³/mol. The van der Waals surface area contributed by atoms with Gasteiger partial charge in [0.1, 0.15) is 5.75 Å². The van der Waals surface area contributed by atoms with Crippen LogP contribution in [0.3, 0.4) is 0 Å². The third-order valence-electron chi connectivity index (χ3n) is 2.73. The number of carboxylic acid groups (broad SMARTS) is 1. The summed E-state index contributed by atoms with van der Waals surface area (Å²) in [7, 11) is 0. The molecular formula is C12H14N2O3S. The topological polar surface area (TPSA) is 82.8 Å². The molecule has 0 spiro atoms. The van der Waals surface area contributed by atoms with Crippen LogP contribution in [0.15, 0.2) is 23.3 Å². The second-order valence-corrected chi connectivity index (χ2v) is 6.34. The van der Waals surface area contributed by atoms with Crippen molar-refractivity contribution in [3.05, 3.63) is 24.0 Å². The largest absolute Gasteiger partial charge is 0.506 e. The van der Waals surface area contributed by atoms with Crippen molar-refractivity contribution >= 4 is 22.8 Å². The molecule has 0 aliphatic carbocycles. The number of pyridine rings is 1. The lowest BCUT2D eigenvalue weighted by atomic mass is 10.0. The van der Waals surface area contributed by atoms with Crippen LogP contribution in [0.5, 0.6) is 5.75 Å². The van der Waals surface area contributed by atoms with Crippen molar-refractivity contribution in [2.45, 2.75) is 31.1 Å². The third-order valence-corrected chi connectivity index (χ3v) is 3.97. The molecule has 1 atom stereocenters. The molecular weight excluding hydrogens is 252 g/mol. The van der Waals surface area contributed by atoms with E-state index in [1.54, 1.807) is 18.3 Å². The van der Waals surface area contributed by atoms with Crippen molar-refractivity contribution in [3.63, 3.8) is 0 Å². The Labute approximate surface area is 109 Å². The van der Waals surface area contributed by atoms with Gasteiger partial charge in [0.25, 0.3) is 0 Å². The van der Waals surface area contributed by atoms with Gasteiger partial charge < -0.3 is 10.2 Å². The standard InChI is InChI=1S/C12H14N2O3S/c1-12(2)10(11(16)17)14-9(18-12)6-7-8(15)4-3-5-13-7/h3-5,10,15H,6H2,1-2H3,(H,16,17)/t10-/m1/s1. The Morgan fingerprint density at radius 2 is 2.28 bits per heavy atom. The van der Waals surface area contributed by atoms with Gasteiger partial charge in [-0.15, -0.1) is 11.8 Å². The van der Waals surface area contributed by atoms with E-state index in [2.05, 4.69) is 9.98 Å². The van der Waals surface area contributed by atoms with Gasteiger partial charge in [0, 0.05) is 17.4 Å². The number of carboxylic acids is 1. The van der Waals surface area contributed by atoms with Crippen LogP contribution in [-0.4, -0.2) is 37.0 Å². The van der Waals surface area contributed by atoms with Gasteiger partial charge in [-0.05, 0) is 26.0 Å². The Morgan fingerprint density at radius 1 is 1.56 bits per heavy atom. The SMILES string of the molecule is CC1(C)SC(Cc2ncccc2O)=N[C@@H]1C(=O)O. The number of carbonyl (C=O) groups is 1. The van der Waals surface area contributed by atoms with Crippen LogP contribution in [0.4, 0.5) is 0 Å². The molecule has 1 aliphatic heterocycles. The lowest BCUT2D eigenvalue weighted by molar-refractivity contribution is -0.138. The number of nitrogens with zero attached hydrogens (tertiary/aromatic N) is 2. The van der Waals surface area contributed by atoms with Crippen molar-refractivity contribution in [2.75, 3.05) is 0 Å². The maximum absolute atomic E-state index is 11.1. The Kier molecular flexibility index (Phi) is 3.30. The van der Waals surface area contributed by atoms with E-state index in [4.69, 9.17) is 5.11 Å². The van der Waals surface area contributed by atoms with Crippen LogP contribution in [0.25, 0.3) is 0 Å². The summed E-state index contributed by atoms with van der Waals surface area (Å²) < 4.78 is -0.467. The lowest BCUT2D eigenvalue weighted by Gasteiger charge is -2.20. The highest BCUT2D eigenvalue weighted by atomic mass is 32.2. The van der Waals surface area contributed by atoms with Gasteiger partial charge in [-0.3, -0.25) is 9.98 Å². The maximum atomic E-state index is 11.1. The minimum absolute atomic E-state index is 0.109. The zero-order chi connectivity index (χ0) is 13.3. The fourth-order valence-corrected chi connectivity index (χ4v) is 3.07. The van der Waals surface area contributed by atoms with Crippen LogP contribution < -0.4 is 0 Å². The molecule has 0 fully saturated rings. The molecule has 2 N–H and O–H groups in total. The number of aromatic hydroxyl groups is 1. The maximum Gasteiger partial charge on any atom is 0.329 e. The number of hydrogen-bond acceptors (Lipinski definition) is 5. The summed E-state index contributed by atoms with van der Waals surface area (Å²) in [5, 5.41) is 19.4. The Balaban J connectivity index is 2.20. The molecule has 18 heavy (non-hydrogen) atoms. The van der Waals surface area contributed by atoms with Gasteiger partial charge in [-0.1, -0.05) is 0 Å². The number of aromatic nitrogens is 1. The van der Waals surface area contributed by atoms with E-state index in [9.17, 15) is 9.90 Å². The second-order valence-electron chi connectivity index (χ2n) is 4.62. The third kappa shape index (κ3) is 2.48. The fraction of sp³-hybridized carbons (Fsp3) is 0.417. The fourth-order valence-electron chi connectivity index (χ4n) is 1.83. The molecule has 2 rings (SSSR count). The zero-order valence-corrected chi connectivity index (χ0v) is 10.9. The first kappa shape index (κ1) is 12.9. The summed E-state index contributed by atoms with van der Waals surface area (Å²) in [6, 6.07) is 2.46. The van der Waals surface area contributed by atoms with E-state index in [-0.39, 0.29) is 5.75 Å². The molecule has 0 bridgehead atoms. The average molecular weight is 266 g/mol. The number of aliphatic imine (C=N–C) groups is 1. The first-order chi connectivity index (χ1) is 8.40. The van der Waals surface area contributed by atoms with Crippen molar-refractivity contribution < 1.29 is 15.0 Å². The molecule has 6 heteroatoms. The molecule has 5 nitrogen and oxygen atoms in total. The highest BCUT2D eigenvalue weighted by molar-refractivity contribution is 8.15. The minimum atomic E-state index is -0.923. The summed E-state index contributed by atoms with van der Waals surface area (Å²) in [5.74, 6) is -0.815. The van der Waals surface area contributed by atoms with Crippen LogP contribution in [-0.2, 0) is 11.2 Å². The van der Waals surface area contributed by atoms with Crippen molar-refractivity contribution in [2.24, 2.45) is 4.99 Å². The first-order valence-corrected chi connectivity index (χ1v) is 6.33. The van der Waals surface area contributed by atoms with Gasteiger partial charge in [-0.2, -0.15) is 0 Å². The van der Waals surface area contributed by atoms with E-state index in [0.29, 0.717) is 17.2 Å². The molecule has 2 heterocycles. The average Bonchev–Trinajstić information content (AvgIpc) is 2.57. The molecule has 1 aliphatic rings. The highest BCUT2D eigenvalue weighted by Gasteiger charge is 2.42. The predicted octanol–water partition coefficient (Wildman–Crippen LogP) is 1.71. The second kappa shape index (κ2) is 4.61. The molecule has 1 aromatic rings. The number of thioether (sulfide) groups is 1. The number of hydrogen-bond donors (Lipinski definition) is 2. The normalized spacial score (nSPS) is 21.7. The van der Waals surface area contributed by atoms with E-state index in [1.807, 2.05) is 13.8 Å². The van der Waals surface area contributed by atoms with Crippen LogP contribution in [0.2, 0.25) is 0 Å². The highest BCUT2D eigenvalue weighted by Crippen LogP contribution is 2.39. The van der Waals surface area contributed by atoms with Gasteiger partial charge in [0.2, 0.25) is 0 Å². The van der Waals surface area contributed by atoms with Crippen LogP contribution in [0, 0.1) is 0 Å². The minimum Gasteiger partial charge on any atom is -0.506 e. The Morgan fingerprint density at radius 3 is 2.83 bits per heavy atom. The van der Waals surface area contributed by atoms with Gasteiger partial charge in [-0.25, -0.2) is 4.79 Å². The van der Waals surface area contributed by atoms with E-state index < -0.39 is 16.8 Å². The summed E-state index contributed by atoms with van der Waals surface area (Å²) in [5.41, 5.74) is 0.519. The molecule has 96 valence electrons. The van der Waals surface area contributed by atoms with E-state index in [0.717, 1.165) is 0 Å². The molecule has 0 radical (unpaired) electrons. The summed E-state index contributed by atoms with van der Waals surface area (Å²) >= 11 is 1.43. The molecule has 1 aromatic heterocycles. The first-order valence-electron chi connectivity index (χ1n) is 5.51. The smallest absolute Gasteiger partial charge is 0.329 e. The van der Waals surface area contributed by atoms with Crippen molar-refractivity contribution in [1.82, 2.24) is 4.98 Å². The van der Waals surface area contributed by atoms with E-state index in [1.165, 1.54) is 11.8 Å². The molecule has 0 unspecified atom stereocenters. The molecule has 0 aromatic carbocycles. The van der Waals surface area contributed by atoms with Gasteiger partial charge in [0.15, 0.2) is 6.04 Å². The van der Waals surface area contributed by atoms with Gasteiger partial charge >= 0.3 is 5.97 Å². The lowest BCUT2D eigenvalue weighted by Crippen LogP contribution is -2.34. The Bertz CT molecular complexity index is 514. The molecule has 0 amide bonds. The van der Waals surface area contributed by atoms with Gasteiger partial charge in [0.05, 0.1) is 10.7 Å². The van der Waals surface area contributed by atoms with Crippen molar-refractivity contribution in [3.8, 4) is 5.75 Å². The number of aliphatic carboxylic acids is 1.